The first-order valence-corrected chi connectivity index (χ1v) is 8.81. The van der Waals surface area contributed by atoms with Gasteiger partial charge in [0.15, 0.2) is 5.69 Å². The second kappa shape index (κ2) is 7.62. The van der Waals surface area contributed by atoms with Crippen LogP contribution in [-0.4, -0.2) is 33.7 Å². The molecule has 0 radical (unpaired) electrons. The lowest BCUT2D eigenvalue weighted by molar-refractivity contribution is -0.142. The molecule has 0 aliphatic heterocycles. The van der Waals surface area contributed by atoms with Gasteiger partial charge in [-0.3, -0.25) is 9.48 Å². The van der Waals surface area contributed by atoms with Crippen molar-refractivity contribution in [1.82, 2.24) is 14.7 Å². The van der Waals surface area contributed by atoms with Gasteiger partial charge in [0.05, 0.1) is 7.11 Å². The number of hydrogen-bond donors (Lipinski definition) is 0. The van der Waals surface area contributed by atoms with E-state index in [-0.39, 0.29) is 18.5 Å². The third kappa shape index (κ3) is 4.81. The Bertz CT molecular complexity index is 782. The predicted molar refractivity (Wildman–Crippen MR) is 93.0 cm³/mol. The summed E-state index contributed by atoms with van der Waals surface area (Å²) in [6, 6.07) is 8.32. The van der Waals surface area contributed by atoms with Gasteiger partial charge in [-0.25, -0.2) is 0 Å². The maximum atomic E-state index is 12.8. The molecule has 1 heterocycles. The van der Waals surface area contributed by atoms with Crippen molar-refractivity contribution in [3.05, 3.63) is 47.8 Å². The number of carbonyl (C=O) groups is 1. The van der Waals surface area contributed by atoms with Gasteiger partial charge in [-0.2, -0.15) is 18.3 Å². The van der Waals surface area contributed by atoms with Gasteiger partial charge in [-0.1, -0.05) is 12.1 Å². The molecule has 1 aromatic carbocycles. The van der Waals surface area contributed by atoms with Crippen molar-refractivity contribution in [1.29, 1.82) is 0 Å². The number of carbonyl (C=O) groups excluding carboxylic acids is 1. The van der Waals surface area contributed by atoms with Crippen molar-refractivity contribution in [2.24, 2.45) is 5.92 Å². The molecular weight excluding hydrogens is 359 g/mol. The predicted octanol–water partition coefficient (Wildman–Crippen LogP) is 3.74. The first kappa shape index (κ1) is 19.3. The Kier molecular flexibility index (Phi) is 5.43. The molecule has 0 unspecified atom stereocenters. The molecule has 1 saturated carbocycles. The maximum Gasteiger partial charge on any atom is 0.435 e. The van der Waals surface area contributed by atoms with Crippen LogP contribution >= 0.6 is 0 Å². The topological polar surface area (TPSA) is 47.4 Å². The Balaban J connectivity index is 1.73. The van der Waals surface area contributed by atoms with E-state index < -0.39 is 11.9 Å². The number of halogens is 3. The lowest BCUT2D eigenvalue weighted by atomic mass is 10.1. The van der Waals surface area contributed by atoms with E-state index in [4.69, 9.17) is 4.74 Å². The van der Waals surface area contributed by atoms with Crippen LogP contribution in [0.25, 0.3) is 0 Å². The Morgan fingerprint density at radius 2 is 1.96 bits per heavy atom. The fraction of sp³-hybridized carbons (Fsp3) is 0.474. The van der Waals surface area contributed by atoms with Crippen molar-refractivity contribution in [3.63, 3.8) is 0 Å². The number of benzene rings is 1. The number of ether oxygens (including phenoxy) is 1. The minimum atomic E-state index is -4.52. The first-order valence-electron chi connectivity index (χ1n) is 8.81. The SMILES string of the molecule is COc1ccc(CN(C(=O)Cn2ccc(C(F)(F)F)n2)[C@H](C)C2CC2)cc1. The molecule has 1 amide bonds. The molecule has 2 aromatic rings. The summed E-state index contributed by atoms with van der Waals surface area (Å²) >= 11 is 0. The summed E-state index contributed by atoms with van der Waals surface area (Å²) in [5.74, 6) is 0.917. The number of amides is 1. The number of hydrogen-bond acceptors (Lipinski definition) is 3. The largest absolute Gasteiger partial charge is 0.497 e. The molecule has 1 aromatic heterocycles. The van der Waals surface area contributed by atoms with E-state index in [0.29, 0.717) is 12.5 Å². The maximum absolute atomic E-state index is 12.8. The molecule has 3 rings (SSSR count). The second-order valence-electron chi connectivity index (χ2n) is 6.84. The lowest BCUT2D eigenvalue weighted by Gasteiger charge is -2.29. The highest BCUT2D eigenvalue weighted by atomic mass is 19.4. The normalized spacial score (nSPS) is 15.4. The van der Waals surface area contributed by atoms with Gasteiger partial charge >= 0.3 is 6.18 Å². The molecule has 0 bridgehead atoms. The quantitative estimate of drug-likeness (QED) is 0.734. The van der Waals surface area contributed by atoms with Crippen LogP contribution in [0, 0.1) is 5.92 Å². The lowest BCUT2D eigenvalue weighted by Crippen LogP contribution is -2.41. The second-order valence-corrected chi connectivity index (χ2v) is 6.84. The highest BCUT2D eigenvalue weighted by Crippen LogP contribution is 2.36. The zero-order valence-electron chi connectivity index (χ0n) is 15.2. The van der Waals surface area contributed by atoms with Gasteiger partial charge in [0.2, 0.25) is 5.91 Å². The number of nitrogens with zero attached hydrogens (tertiary/aromatic N) is 3. The molecule has 1 aliphatic carbocycles. The van der Waals surface area contributed by atoms with E-state index in [1.165, 1.54) is 6.20 Å². The van der Waals surface area contributed by atoms with Crippen LogP contribution in [0.15, 0.2) is 36.5 Å². The van der Waals surface area contributed by atoms with E-state index in [0.717, 1.165) is 34.9 Å². The van der Waals surface area contributed by atoms with Crippen molar-refractivity contribution >= 4 is 5.91 Å². The Labute approximate surface area is 155 Å². The monoisotopic (exact) mass is 381 g/mol. The number of rotatable bonds is 7. The molecule has 8 heteroatoms. The minimum Gasteiger partial charge on any atom is -0.497 e. The van der Waals surface area contributed by atoms with Crippen LogP contribution in [-0.2, 0) is 24.1 Å². The zero-order chi connectivity index (χ0) is 19.6. The highest BCUT2D eigenvalue weighted by Gasteiger charge is 2.36. The average molecular weight is 381 g/mol. The fourth-order valence-corrected chi connectivity index (χ4v) is 3.05. The average Bonchev–Trinajstić information content (AvgIpc) is 3.37. The van der Waals surface area contributed by atoms with Gasteiger partial charge in [-0.15, -0.1) is 0 Å². The van der Waals surface area contributed by atoms with E-state index >= 15 is 0 Å². The van der Waals surface area contributed by atoms with Gasteiger partial charge in [-0.05, 0) is 49.4 Å². The third-order valence-electron chi connectivity index (χ3n) is 4.86. The molecule has 0 N–H and O–H groups in total. The summed E-state index contributed by atoms with van der Waals surface area (Å²) in [5.41, 5.74) is -0.0552. The summed E-state index contributed by atoms with van der Waals surface area (Å²) in [6.07, 6.45) is -1.20. The van der Waals surface area contributed by atoms with Crippen molar-refractivity contribution in [3.8, 4) is 5.75 Å². The van der Waals surface area contributed by atoms with Crippen molar-refractivity contribution in [2.45, 2.75) is 45.1 Å². The number of methoxy groups -OCH3 is 1. The Morgan fingerprint density at radius 3 is 2.48 bits per heavy atom. The van der Waals surface area contributed by atoms with Crippen LogP contribution in [0.3, 0.4) is 0 Å². The smallest absolute Gasteiger partial charge is 0.435 e. The van der Waals surface area contributed by atoms with Crippen molar-refractivity contribution in [2.75, 3.05) is 7.11 Å². The van der Waals surface area contributed by atoms with E-state index in [1.807, 2.05) is 31.2 Å². The summed E-state index contributed by atoms with van der Waals surface area (Å²) in [4.78, 5) is 14.6. The summed E-state index contributed by atoms with van der Waals surface area (Å²) in [6.45, 7) is 2.17. The summed E-state index contributed by atoms with van der Waals surface area (Å²) < 4.78 is 44.3. The first-order chi connectivity index (χ1) is 12.8. The molecule has 146 valence electrons. The summed E-state index contributed by atoms with van der Waals surface area (Å²) in [5, 5.41) is 3.48. The molecule has 1 atom stereocenters. The van der Waals surface area contributed by atoms with Crippen molar-refractivity contribution < 1.29 is 22.7 Å². The van der Waals surface area contributed by atoms with Crippen LogP contribution in [0.4, 0.5) is 13.2 Å². The van der Waals surface area contributed by atoms with Gasteiger partial charge in [0, 0.05) is 18.8 Å². The Morgan fingerprint density at radius 1 is 1.30 bits per heavy atom. The highest BCUT2D eigenvalue weighted by molar-refractivity contribution is 5.76. The number of alkyl halides is 3. The van der Waals surface area contributed by atoms with Crippen LogP contribution in [0.5, 0.6) is 5.75 Å². The van der Waals surface area contributed by atoms with Crippen LogP contribution in [0.2, 0.25) is 0 Å². The van der Waals surface area contributed by atoms with Gasteiger partial charge in [0.1, 0.15) is 12.3 Å². The molecule has 0 saturated heterocycles. The van der Waals surface area contributed by atoms with Crippen LogP contribution < -0.4 is 4.74 Å². The molecule has 5 nitrogen and oxygen atoms in total. The van der Waals surface area contributed by atoms with E-state index in [9.17, 15) is 18.0 Å². The van der Waals surface area contributed by atoms with Crippen LogP contribution in [0.1, 0.15) is 31.0 Å². The number of aromatic nitrogens is 2. The van der Waals surface area contributed by atoms with Gasteiger partial charge < -0.3 is 9.64 Å². The molecule has 27 heavy (non-hydrogen) atoms. The summed E-state index contributed by atoms with van der Waals surface area (Å²) in [7, 11) is 1.58. The third-order valence-corrected chi connectivity index (χ3v) is 4.86. The van der Waals surface area contributed by atoms with E-state index in [2.05, 4.69) is 5.10 Å². The zero-order valence-corrected chi connectivity index (χ0v) is 15.2. The standard InChI is InChI=1S/C19H22F3N3O2/c1-13(15-5-6-15)25(11-14-3-7-16(27-2)8-4-14)18(26)12-24-10-9-17(23-24)19(20,21)22/h3-4,7-10,13,15H,5-6,11-12H2,1-2H3/t13-/m1/s1. The minimum absolute atomic E-state index is 0.0252. The Hall–Kier alpha value is -2.51. The molecule has 1 aliphatic rings. The molecule has 0 spiro atoms. The van der Waals surface area contributed by atoms with E-state index in [1.54, 1.807) is 12.0 Å². The van der Waals surface area contributed by atoms with Gasteiger partial charge in [0.25, 0.3) is 0 Å². The molecular formula is C19H22F3N3O2. The fourth-order valence-electron chi connectivity index (χ4n) is 3.05. The molecule has 1 fully saturated rings.